The fraction of sp³-hybridized carbons (Fsp3) is 0.269. The molecule has 0 atom stereocenters. The lowest BCUT2D eigenvalue weighted by Crippen LogP contribution is -2.13. The second kappa shape index (κ2) is 9.27. The molecule has 1 aliphatic carbocycles. The standard InChI is InChI=1S/C26H23ClN4OS/c1-15-8-9-20(27)12-23(15)31-16(2)10-18(17(31)3)11-19(13-28)25(32)30-26-22(14-29)21-6-4-5-7-24(21)33-26/h8-12H,4-7H2,1-3H3,(H,30,32). The maximum atomic E-state index is 13.0. The smallest absolute Gasteiger partial charge is 0.266 e. The van der Waals surface area contributed by atoms with E-state index in [1.54, 1.807) is 6.08 Å². The highest BCUT2D eigenvalue weighted by molar-refractivity contribution is 7.16. The predicted octanol–water partition coefficient (Wildman–Crippen LogP) is 6.41. The molecule has 1 amide bonds. The molecule has 0 fully saturated rings. The normalized spacial score (nSPS) is 13.2. The molecule has 0 bridgehead atoms. The number of rotatable bonds is 4. The molecule has 3 aromatic rings. The first kappa shape index (κ1) is 22.9. The maximum absolute atomic E-state index is 13.0. The van der Waals surface area contributed by atoms with Gasteiger partial charge in [0, 0.05) is 27.0 Å². The predicted molar refractivity (Wildman–Crippen MR) is 133 cm³/mol. The Morgan fingerprint density at radius 3 is 2.67 bits per heavy atom. The number of anilines is 1. The van der Waals surface area contributed by atoms with E-state index < -0.39 is 5.91 Å². The number of amides is 1. The van der Waals surface area contributed by atoms with Crippen LogP contribution in [0.25, 0.3) is 11.8 Å². The number of carbonyl (C=O) groups is 1. The summed E-state index contributed by atoms with van der Waals surface area (Å²) in [6.07, 6.45) is 5.54. The van der Waals surface area contributed by atoms with E-state index in [9.17, 15) is 15.3 Å². The van der Waals surface area contributed by atoms with Crippen molar-refractivity contribution in [3.05, 3.63) is 73.4 Å². The molecule has 1 N–H and O–H groups in total. The summed E-state index contributed by atoms with van der Waals surface area (Å²) in [5.41, 5.74) is 6.27. The largest absolute Gasteiger partial charge is 0.318 e. The average molecular weight is 475 g/mol. The van der Waals surface area contributed by atoms with Crippen LogP contribution in [0.2, 0.25) is 5.02 Å². The van der Waals surface area contributed by atoms with Gasteiger partial charge in [-0.3, -0.25) is 4.79 Å². The minimum absolute atomic E-state index is 0.00618. The first-order chi connectivity index (χ1) is 15.8. The van der Waals surface area contributed by atoms with Crippen LogP contribution in [-0.4, -0.2) is 10.5 Å². The lowest BCUT2D eigenvalue weighted by Gasteiger charge is -2.13. The summed E-state index contributed by atoms with van der Waals surface area (Å²) in [5.74, 6) is -0.503. The molecule has 0 unspecified atom stereocenters. The molecule has 7 heteroatoms. The lowest BCUT2D eigenvalue weighted by atomic mass is 9.96. The molecule has 2 aromatic heterocycles. The van der Waals surface area contributed by atoms with E-state index in [1.807, 2.05) is 51.1 Å². The zero-order chi connectivity index (χ0) is 23.7. The van der Waals surface area contributed by atoms with E-state index in [4.69, 9.17) is 11.6 Å². The van der Waals surface area contributed by atoms with Crippen molar-refractivity contribution in [1.29, 1.82) is 10.5 Å². The van der Waals surface area contributed by atoms with Crippen LogP contribution in [-0.2, 0) is 17.6 Å². The third-order valence-corrected chi connectivity index (χ3v) is 7.50. The number of nitrogens with one attached hydrogen (secondary N) is 1. The highest BCUT2D eigenvalue weighted by Gasteiger charge is 2.23. The molecule has 0 saturated heterocycles. The van der Waals surface area contributed by atoms with E-state index in [2.05, 4.69) is 16.0 Å². The number of aryl methyl sites for hydroxylation is 3. The van der Waals surface area contributed by atoms with Gasteiger partial charge in [-0.2, -0.15) is 10.5 Å². The Kier molecular flexibility index (Phi) is 6.42. The first-order valence-corrected chi connectivity index (χ1v) is 12.0. The minimum atomic E-state index is -0.503. The topological polar surface area (TPSA) is 81.6 Å². The maximum Gasteiger partial charge on any atom is 0.266 e. The number of carbonyl (C=O) groups excluding carboxylic acids is 1. The third-order valence-electron chi connectivity index (χ3n) is 6.06. The third kappa shape index (κ3) is 4.33. The van der Waals surface area contributed by atoms with Crippen molar-refractivity contribution < 1.29 is 4.79 Å². The Labute approximate surface area is 202 Å². The molecule has 0 spiro atoms. The van der Waals surface area contributed by atoms with Crippen molar-refractivity contribution in [1.82, 2.24) is 4.57 Å². The summed E-state index contributed by atoms with van der Waals surface area (Å²) < 4.78 is 2.07. The Bertz CT molecular complexity index is 1380. The van der Waals surface area contributed by atoms with E-state index in [0.29, 0.717) is 15.6 Å². The van der Waals surface area contributed by atoms with Crippen LogP contribution in [0.3, 0.4) is 0 Å². The van der Waals surface area contributed by atoms with Crippen molar-refractivity contribution in [2.45, 2.75) is 46.5 Å². The summed E-state index contributed by atoms with van der Waals surface area (Å²) in [6, 6.07) is 11.9. The van der Waals surface area contributed by atoms with Gasteiger partial charge in [-0.25, -0.2) is 0 Å². The molecule has 0 radical (unpaired) electrons. The van der Waals surface area contributed by atoms with Crippen molar-refractivity contribution in [2.24, 2.45) is 0 Å². The molecule has 166 valence electrons. The van der Waals surface area contributed by atoms with Crippen molar-refractivity contribution >= 4 is 39.9 Å². The summed E-state index contributed by atoms with van der Waals surface area (Å²) in [5, 5.41) is 23.4. The van der Waals surface area contributed by atoms with Gasteiger partial charge in [0.05, 0.1) is 5.56 Å². The van der Waals surface area contributed by atoms with Gasteiger partial charge in [0.25, 0.3) is 5.91 Å². The number of benzene rings is 1. The van der Waals surface area contributed by atoms with E-state index in [0.717, 1.165) is 64.3 Å². The molecule has 1 aromatic carbocycles. The fourth-order valence-corrected chi connectivity index (χ4v) is 5.78. The molecule has 4 rings (SSSR count). The number of hydrogen-bond acceptors (Lipinski definition) is 4. The van der Waals surface area contributed by atoms with Crippen LogP contribution in [0.15, 0.2) is 29.8 Å². The van der Waals surface area contributed by atoms with Gasteiger partial charge in [-0.05, 0) is 87.4 Å². The van der Waals surface area contributed by atoms with Crippen LogP contribution in [0.5, 0.6) is 0 Å². The van der Waals surface area contributed by atoms with E-state index in [1.165, 1.54) is 11.3 Å². The van der Waals surface area contributed by atoms with Crippen LogP contribution in [0.4, 0.5) is 5.00 Å². The Morgan fingerprint density at radius 1 is 1.18 bits per heavy atom. The molecule has 33 heavy (non-hydrogen) atoms. The van der Waals surface area contributed by atoms with Gasteiger partial charge in [-0.15, -0.1) is 11.3 Å². The molecule has 5 nitrogen and oxygen atoms in total. The van der Waals surface area contributed by atoms with Crippen LogP contribution < -0.4 is 5.32 Å². The zero-order valence-corrected chi connectivity index (χ0v) is 20.3. The molecule has 0 saturated carbocycles. The van der Waals surface area contributed by atoms with E-state index >= 15 is 0 Å². The summed E-state index contributed by atoms with van der Waals surface area (Å²) in [6.45, 7) is 5.95. The number of fused-ring (bicyclic) bond motifs is 1. The molecular weight excluding hydrogens is 452 g/mol. The average Bonchev–Trinajstić information content (AvgIpc) is 3.28. The van der Waals surface area contributed by atoms with Crippen LogP contribution in [0.1, 0.15) is 51.4 Å². The minimum Gasteiger partial charge on any atom is -0.318 e. The zero-order valence-electron chi connectivity index (χ0n) is 18.8. The molecule has 2 heterocycles. The van der Waals surface area contributed by atoms with Gasteiger partial charge in [-0.1, -0.05) is 17.7 Å². The van der Waals surface area contributed by atoms with Crippen LogP contribution >= 0.6 is 22.9 Å². The van der Waals surface area contributed by atoms with Gasteiger partial charge in [0.2, 0.25) is 0 Å². The van der Waals surface area contributed by atoms with Gasteiger partial charge in [0.15, 0.2) is 0 Å². The van der Waals surface area contributed by atoms with Crippen molar-refractivity contribution in [2.75, 3.05) is 5.32 Å². The first-order valence-electron chi connectivity index (χ1n) is 10.8. The summed E-state index contributed by atoms with van der Waals surface area (Å²) >= 11 is 7.67. The summed E-state index contributed by atoms with van der Waals surface area (Å²) in [4.78, 5) is 14.1. The number of halogens is 1. The number of nitrogens with zero attached hydrogens (tertiary/aromatic N) is 3. The summed E-state index contributed by atoms with van der Waals surface area (Å²) in [7, 11) is 0. The highest BCUT2D eigenvalue weighted by atomic mass is 35.5. The molecule has 1 aliphatic rings. The quantitative estimate of drug-likeness (QED) is 0.350. The van der Waals surface area contributed by atoms with Gasteiger partial charge < -0.3 is 9.88 Å². The Morgan fingerprint density at radius 2 is 1.94 bits per heavy atom. The lowest BCUT2D eigenvalue weighted by molar-refractivity contribution is -0.112. The number of hydrogen-bond donors (Lipinski definition) is 1. The van der Waals surface area contributed by atoms with Crippen LogP contribution in [0, 0.1) is 43.4 Å². The van der Waals surface area contributed by atoms with Crippen molar-refractivity contribution in [3.8, 4) is 17.8 Å². The van der Waals surface area contributed by atoms with Gasteiger partial charge in [0.1, 0.15) is 22.7 Å². The molecule has 0 aliphatic heterocycles. The monoisotopic (exact) mass is 474 g/mol. The number of aromatic nitrogens is 1. The SMILES string of the molecule is Cc1ccc(Cl)cc1-n1c(C)cc(C=C(C#N)C(=O)Nc2sc3c(c2C#N)CCCC3)c1C. The number of nitriles is 2. The second-order valence-corrected chi connectivity index (χ2v) is 9.79. The number of thiophene rings is 1. The Hall–Kier alpha value is -3.32. The second-order valence-electron chi connectivity index (χ2n) is 8.24. The highest BCUT2D eigenvalue weighted by Crippen LogP contribution is 2.38. The molecular formula is C26H23ClN4OS. The Balaban J connectivity index is 1.67. The van der Waals surface area contributed by atoms with E-state index in [-0.39, 0.29) is 5.57 Å². The van der Waals surface area contributed by atoms with Crippen molar-refractivity contribution in [3.63, 3.8) is 0 Å². The fourth-order valence-electron chi connectivity index (χ4n) is 4.37. The van der Waals surface area contributed by atoms with Gasteiger partial charge >= 0.3 is 0 Å².